The van der Waals surface area contributed by atoms with E-state index in [1.165, 1.54) is 11.1 Å². The van der Waals surface area contributed by atoms with E-state index in [1.54, 1.807) is 0 Å². The molecule has 0 bridgehead atoms. The molecule has 1 amide bonds. The molecule has 1 aromatic carbocycles. The van der Waals surface area contributed by atoms with E-state index in [9.17, 15) is 4.79 Å². The van der Waals surface area contributed by atoms with Gasteiger partial charge in [0, 0.05) is 13.0 Å². The summed E-state index contributed by atoms with van der Waals surface area (Å²) >= 11 is 0. The molecule has 0 radical (unpaired) electrons. The number of carbonyl (C=O) groups is 1. The van der Waals surface area contributed by atoms with Crippen LogP contribution in [0.5, 0.6) is 0 Å². The predicted molar refractivity (Wildman–Crippen MR) is 87.0 cm³/mol. The van der Waals surface area contributed by atoms with E-state index >= 15 is 0 Å². The largest absolute Gasteiger partial charge is 0.336 e. The van der Waals surface area contributed by atoms with Crippen molar-refractivity contribution in [3.8, 4) is 0 Å². The Balaban J connectivity index is 1.88. The van der Waals surface area contributed by atoms with Gasteiger partial charge in [0.2, 0.25) is 5.91 Å². The summed E-state index contributed by atoms with van der Waals surface area (Å²) in [5.41, 5.74) is 8.06. The third-order valence-corrected chi connectivity index (χ3v) is 4.34. The zero-order valence-electron chi connectivity index (χ0n) is 13.2. The standard InChI is InChI=1S/C18H28N2O/c1-15-8-6-9-16(14-15)17-10-7-13-20(17)18(21)11-4-2-3-5-12-19/h6,8-9,14,17H,2-5,7,10-13,19H2,1H3. The molecule has 116 valence electrons. The van der Waals surface area contributed by atoms with Crippen LogP contribution < -0.4 is 5.73 Å². The second kappa shape index (κ2) is 8.18. The number of benzene rings is 1. The van der Waals surface area contributed by atoms with E-state index in [2.05, 4.69) is 36.1 Å². The van der Waals surface area contributed by atoms with Crippen molar-refractivity contribution in [1.29, 1.82) is 0 Å². The maximum Gasteiger partial charge on any atom is 0.223 e. The van der Waals surface area contributed by atoms with Gasteiger partial charge in [0.1, 0.15) is 0 Å². The number of amides is 1. The predicted octanol–water partition coefficient (Wildman–Crippen LogP) is 3.57. The Morgan fingerprint density at radius 1 is 1.29 bits per heavy atom. The van der Waals surface area contributed by atoms with Crippen LogP contribution in [0.3, 0.4) is 0 Å². The Morgan fingerprint density at radius 3 is 2.86 bits per heavy atom. The lowest BCUT2D eigenvalue weighted by Gasteiger charge is -2.25. The van der Waals surface area contributed by atoms with Crippen LogP contribution in [0.15, 0.2) is 24.3 Å². The van der Waals surface area contributed by atoms with Gasteiger partial charge in [0.25, 0.3) is 0 Å². The molecule has 0 spiro atoms. The fourth-order valence-electron chi connectivity index (χ4n) is 3.21. The highest BCUT2D eigenvalue weighted by Gasteiger charge is 2.29. The topological polar surface area (TPSA) is 46.3 Å². The third kappa shape index (κ3) is 4.57. The van der Waals surface area contributed by atoms with Crippen molar-refractivity contribution >= 4 is 5.91 Å². The van der Waals surface area contributed by atoms with E-state index in [0.29, 0.717) is 18.4 Å². The molecule has 3 nitrogen and oxygen atoms in total. The molecule has 0 aromatic heterocycles. The molecule has 1 aliphatic heterocycles. The zero-order chi connectivity index (χ0) is 15.1. The number of nitrogens with two attached hydrogens (primary N) is 1. The molecule has 2 N–H and O–H groups in total. The fourth-order valence-corrected chi connectivity index (χ4v) is 3.21. The third-order valence-electron chi connectivity index (χ3n) is 4.34. The van der Waals surface area contributed by atoms with Crippen LogP contribution in [-0.4, -0.2) is 23.9 Å². The Kier molecular flexibility index (Phi) is 6.24. The van der Waals surface area contributed by atoms with Gasteiger partial charge in [-0.15, -0.1) is 0 Å². The number of likely N-dealkylation sites (tertiary alicyclic amines) is 1. The van der Waals surface area contributed by atoms with E-state index in [0.717, 1.165) is 51.6 Å². The lowest BCUT2D eigenvalue weighted by molar-refractivity contribution is -0.132. The molecule has 1 aromatic rings. The summed E-state index contributed by atoms with van der Waals surface area (Å²) in [4.78, 5) is 14.5. The summed E-state index contributed by atoms with van der Waals surface area (Å²) in [6, 6.07) is 8.88. The highest BCUT2D eigenvalue weighted by atomic mass is 16.2. The summed E-state index contributed by atoms with van der Waals surface area (Å²) in [5.74, 6) is 0.326. The molecule has 2 rings (SSSR count). The van der Waals surface area contributed by atoms with Crippen molar-refractivity contribution in [2.75, 3.05) is 13.1 Å². The summed E-state index contributed by atoms with van der Waals surface area (Å²) in [7, 11) is 0. The molecule has 1 unspecified atom stereocenters. The Labute approximate surface area is 128 Å². The average Bonchev–Trinajstić information content (AvgIpc) is 2.96. The quantitative estimate of drug-likeness (QED) is 0.780. The van der Waals surface area contributed by atoms with Crippen molar-refractivity contribution in [3.63, 3.8) is 0 Å². The molecule has 1 saturated heterocycles. The average molecular weight is 288 g/mol. The van der Waals surface area contributed by atoms with Crippen molar-refractivity contribution in [1.82, 2.24) is 4.90 Å². The fraction of sp³-hybridized carbons (Fsp3) is 0.611. The number of nitrogens with zero attached hydrogens (tertiary/aromatic N) is 1. The molecule has 1 aliphatic rings. The Hall–Kier alpha value is -1.35. The molecule has 0 aliphatic carbocycles. The van der Waals surface area contributed by atoms with Gasteiger partial charge in [-0.1, -0.05) is 42.7 Å². The first-order valence-corrected chi connectivity index (χ1v) is 8.28. The van der Waals surface area contributed by atoms with Crippen molar-refractivity contribution < 1.29 is 4.79 Å². The van der Waals surface area contributed by atoms with Gasteiger partial charge in [-0.25, -0.2) is 0 Å². The monoisotopic (exact) mass is 288 g/mol. The lowest BCUT2D eigenvalue weighted by atomic mass is 10.0. The first-order chi connectivity index (χ1) is 10.2. The second-order valence-corrected chi connectivity index (χ2v) is 6.11. The first-order valence-electron chi connectivity index (χ1n) is 8.28. The molecular weight excluding hydrogens is 260 g/mol. The summed E-state index contributed by atoms with van der Waals surface area (Å²) < 4.78 is 0. The molecule has 3 heteroatoms. The SMILES string of the molecule is Cc1cccc(C2CCCN2C(=O)CCCCCCN)c1. The number of aryl methyl sites for hydroxylation is 1. The number of rotatable bonds is 7. The molecule has 1 heterocycles. The van der Waals surface area contributed by atoms with Gasteiger partial charge in [-0.2, -0.15) is 0 Å². The second-order valence-electron chi connectivity index (χ2n) is 6.11. The highest BCUT2D eigenvalue weighted by Crippen LogP contribution is 2.32. The molecule has 1 fully saturated rings. The van der Waals surface area contributed by atoms with Gasteiger partial charge in [-0.05, 0) is 44.7 Å². The minimum absolute atomic E-state index is 0.293. The van der Waals surface area contributed by atoms with Crippen LogP contribution in [0.4, 0.5) is 0 Å². The molecule has 1 atom stereocenters. The maximum atomic E-state index is 12.4. The van der Waals surface area contributed by atoms with Crippen LogP contribution >= 0.6 is 0 Å². The smallest absolute Gasteiger partial charge is 0.223 e. The summed E-state index contributed by atoms with van der Waals surface area (Å²) in [6.45, 7) is 3.79. The summed E-state index contributed by atoms with van der Waals surface area (Å²) in [6.07, 6.45) is 7.24. The normalized spacial score (nSPS) is 18.2. The van der Waals surface area contributed by atoms with E-state index in [1.807, 2.05) is 0 Å². The molecule has 21 heavy (non-hydrogen) atoms. The number of hydrogen-bond acceptors (Lipinski definition) is 2. The maximum absolute atomic E-state index is 12.4. The number of carbonyl (C=O) groups excluding carboxylic acids is 1. The van der Waals surface area contributed by atoms with Gasteiger partial charge in [0.05, 0.1) is 6.04 Å². The van der Waals surface area contributed by atoms with Crippen molar-refractivity contribution in [3.05, 3.63) is 35.4 Å². The van der Waals surface area contributed by atoms with E-state index in [4.69, 9.17) is 5.73 Å². The first kappa shape index (κ1) is 16.0. The van der Waals surface area contributed by atoms with Crippen LogP contribution in [0, 0.1) is 6.92 Å². The van der Waals surface area contributed by atoms with Gasteiger partial charge in [0.15, 0.2) is 0 Å². The zero-order valence-corrected chi connectivity index (χ0v) is 13.2. The van der Waals surface area contributed by atoms with Gasteiger partial charge >= 0.3 is 0 Å². The molecule has 0 saturated carbocycles. The highest BCUT2D eigenvalue weighted by molar-refractivity contribution is 5.77. The van der Waals surface area contributed by atoms with Gasteiger partial charge in [-0.3, -0.25) is 4.79 Å². The Bertz CT molecular complexity index is 458. The van der Waals surface area contributed by atoms with E-state index in [-0.39, 0.29) is 0 Å². The number of unbranched alkanes of at least 4 members (excludes halogenated alkanes) is 3. The van der Waals surface area contributed by atoms with E-state index < -0.39 is 0 Å². The Morgan fingerprint density at radius 2 is 2.10 bits per heavy atom. The van der Waals surface area contributed by atoms with Crippen LogP contribution in [0.1, 0.15) is 62.1 Å². The van der Waals surface area contributed by atoms with Gasteiger partial charge < -0.3 is 10.6 Å². The van der Waals surface area contributed by atoms with Crippen molar-refractivity contribution in [2.45, 2.75) is 57.9 Å². The van der Waals surface area contributed by atoms with Crippen LogP contribution in [0.2, 0.25) is 0 Å². The van der Waals surface area contributed by atoms with Crippen LogP contribution in [-0.2, 0) is 4.79 Å². The van der Waals surface area contributed by atoms with Crippen molar-refractivity contribution in [2.24, 2.45) is 5.73 Å². The minimum atomic E-state index is 0.293. The minimum Gasteiger partial charge on any atom is -0.336 e. The van der Waals surface area contributed by atoms with Crippen LogP contribution in [0.25, 0.3) is 0 Å². The lowest BCUT2D eigenvalue weighted by Crippen LogP contribution is -2.30. The summed E-state index contributed by atoms with van der Waals surface area (Å²) in [5, 5.41) is 0. The molecular formula is C18H28N2O. The number of hydrogen-bond donors (Lipinski definition) is 1.